The number of nitrogens with zero attached hydrogens (tertiary/aromatic N) is 6. The summed E-state index contributed by atoms with van der Waals surface area (Å²) in [6, 6.07) is 13.1. The van der Waals surface area contributed by atoms with Gasteiger partial charge < -0.3 is 9.72 Å². The summed E-state index contributed by atoms with van der Waals surface area (Å²) in [7, 11) is 0. The van der Waals surface area contributed by atoms with Crippen LogP contribution in [0, 0.1) is 5.82 Å². The van der Waals surface area contributed by atoms with Gasteiger partial charge in [0.2, 0.25) is 0 Å². The van der Waals surface area contributed by atoms with Crippen LogP contribution in [-0.4, -0.2) is 79.3 Å². The predicted molar refractivity (Wildman–Crippen MR) is 173 cm³/mol. The maximum Gasteiger partial charge on any atom is 0.181 e. The predicted octanol–water partition coefficient (Wildman–Crippen LogP) is 6.44. The molecule has 0 radical (unpaired) electrons. The molecule has 2 saturated heterocycles. The first-order valence-electron chi connectivity index (χ1n) is 15.8. The SMILES string of the molecule is Fc1cc(OCCN2CCCC2)cc(-c2nccc3[nH]c(-c4[nH]nc5ncc(-c6cncc(CN7CCCC7)c6)cc45)cc23)c1. The van der Waals surface area contributed by atoms with Gasteiger partial charge in [0.05, 0.1) is 17.1 Å². The van der Waals surface area contributed by atoms with E-state index in [4.69, 9.17) is 4.74 Å². The number of H-pyrrole nitrogens is 2. The van der Waals surface area contributed by atoms with Crippen molar-refractivity contribution in [3.63, 3.8) is 0 Å². The van der Waals surface area contributed by atoms with Crippen LogP contribution in [0.1, 0.15) is 31.2 Å². The molecule has 0 unspecified atom stereocenters. The number of nitrogens with one attached hydrogen (secondary N) is 2. The minimum Gasteiger partial charge on any atom is -0.492 e. The Bertz CT molecular complexity index is 1970. The number of benzene rings is 1. The van der Waals surface area contributed by atoms with Gasteiger partial charge in [0.25, 0.3) is 0 Å². The third-order valence-corrected chi connectivity index (χ3v) is 8.98. The molecular formula is C35H35FN8O. The Labute approximate surface area is 260 Å². The number of halogens is 1. The highest BCUT2D eigenvalue weighted by molar-refractivity contribution is 6.00. The molecule has 0 spiro atoms. The standard InChI is InChI=1S/C35H35FN8O/c36-27-14-24(15-28(17-27)45-12-11-43-7-1-2-8-43)33-29-18-32(40-31(29)5-6-38-33)34-30-16-26(21-39-35(30)42-41-34)25-13-23(19-37-20-25)22-44-9-3-4-10-44/h5-6,13-21,40H,1-4,7-12,22H2,(H,39,41,42). The van der Waals surface area contributed by atoms with Gasteiger partial charge in [0.15, 0.2) is 5.65 Å². The van der Waals surface area contributed by atoms with Crippen molar-refractivity contribution in [2.75, 3.05) is 39.3 Å². The van der Waals surface area contributed by atoms with Crippen molar-refractivity contribution in [3.05, 3.63) is 78.6 Å². The lowest BCUT2D eigenvalue weighted by atomic mass is 10.0. The lowest BCUT2D eigenvalue weighted by molar-refractivity contribution is 0.237. The quantitative estimate of drug-likeness (QED) is 0.197. The van der Waals surface area contributed by atoms with Crippen LogP contribution < -0.4 is 4.74 Å². The molecule has 0 aliphatic carbocycles. The number of aromatic nitrogens is 6. The summed E-state index contributed by atoms with van der Waals surface area (Å²) >= 11 is 0. The second kappa shape index (κ2) is 12.0. The number of ether oxygens (including phenoxy) is 1. The molecule has 2 aliphatic heterocycles. The summed E-state index contributed by atoms with van der Waals surface area (Å²) in [5, 5.41) is 9.45. The lowest BCUT2D eigenvalue weighted by Crippen LogP contribution is -2.25. The van der Waals surface area contributed by atoms with Gasteiger partial charge in [-0.1, -0.05) is 0 Å². The topological polar surface area (TPSA) is 98.8 Å². The van der Waals surface area contributed by atoms with Gasteiger partial charge in [-0.25, -0.2) is 9.37 Å². The molecule has 6 aromatic rings. The van der Waals surface area contributed by atoms with E-state index in [0.29, 0.717) is 29.3 Å². The van der Waals surface area contributed by atoms with Gasteiger partial charge in [0.1, 0.15) is 18.2 Å². The number of rotatable bonds is 9. The van der Waals surface area contributed by atoms with Gasteiger partial charge >= 0.3 is 0 Å². The Morgan fingerprint density at radius 3 is 2.49 bits per heavy atom. The van der Waals surface area contributed by atoms with E-state index in [2.05, 4.69) is 52.1 Å². The van der Waals surface area contributed by atoms with Crippen LogP contribution >= 0.6 is 0 Å². The van der Waals surface area contributed by atoms with Gasteiger partial charge in [-0.2, -0.15) is 5.10 Å². The summed E-state index contributed by atoms with van der Waals surface area (Å²) < 4.78 is 20.8. The van der Waals surface area contributed by atoms with Crippen molar-refractivity contribution in [2.45, 2.75) is 32.2 Å². The molecule has 7 heterocycles. The average molecular weight is 603 g/mol. The minimum atomic E-state index is -0.351. The molecule has 8 rings (SSSR count). The summed E-state index contributed by atoms with van der Waals surface area (Å²) in [6.45, 7) is 6.77. The van der Waals surface area contributed by atoms with Crippen LogP contribution in [0.5, 0.6) is 5.75 Å². The Morgan fingerprint density at radius 1 is 0.800 bits per heavy atom. The highest BCUT2D eigenvalue weighted by Crippen LogP contribution is 2.35. The second-order valence-electron chi connectivity index (χ2n) is 12.1. The van der Waals surface area contributed by atoms with Crippen molar-refractivity contribution >= 4 is 21.9 Å². The third kappa shape index (κ3) is 5.79. The minimum absolute atomic E-state index is 0.351. The molecule has 2 fully saturated rings. The van der Waals surface area contributed by atoms with E-state index >= 15 is 0 Å². The van der Waals surface area contributed by atoms with Crippen molar-refractivity contribution in [1.29, 1.82) is 0 Å². The Balaban J connectivity index is 1.09. The number of hydrogen-bond donors (Lipinski definition) is 2. The molecule has 45 heavy (non-hydrogen) atoms. The van der Waals surface area contributed by atoms with Gasteiger partial charge in [-0.3, -0.25) is 24.9 Å². The Morgan fingerprint density at radius 2 is 1.62 bits per heavy atom. The average Bonchev–Trinajstić information content (AvgIpc) is 3.88. The molecule has 2 aliphatic rings. The fourth-order valence-corrected chi connectivity index (χ4v) is 6.69. The highest BCUT2D eigenvalue weighted by atomic mass is 19.1. The Kier molecular flexibility index (Phi) is 7.44. The Hall–Kier alpha value is -4.67. The maximum absolute atomic E-state index is 14.8. The van der Waals surface area contributed by atoms with Crippen molar-refractivity contribution < 1.29 is 9.13 Å². The molecule has 2 N–H and O–H groups in total. The zero-order valence-corrected chi connectivity index (χ0v) is 25.1. The van der Waals surface area contributed by atoms with Crippen molar-refractivity contribution in [3.8, 4) is 39.5 Å². The lowest BCUT2D eigenvalue weighted by Gasteiger charge is -2.15. The zero-order chi connectivity index (χ0) is 30.2. The molecule has 228 valence electrons. The van der Waals surface area contributed by atoms with Crippen LogP contribution in [0.15, 0.2) is 67.3 Å². The number of hydrogen-bond acceptors (Lipinski definition) is 7. The summed E-state index contributed by atoms with van der Waals surface area (Å²) in [5.74, 6) is 0.159. The molecular weight excluding hydrogens is 567 g/mol. The molecule has 5 aromatic heterocycles. The first-order chi connectivity index (χ1) is 22.2. The fraction of sp³-hybridized carbons (Fsp3) is 0.314. The number of aromatic amines is 2. The van der Waals surface area contributed by atoms with Crippen molar-refractivity contribution in [1.82, 2.24) is 39.9 Å². The second-order valence-corrected chi connectivity index (χ2v) is 12.1. The smallest absolute Gasteiger partial charge is 0.181 e. The monoisotopic (exact) mass is 602 g/mol. The molecule has 10 heteroatoms. The molecule has 0 atom stereocenters. The van der Waals surface area contributed by atoms with Crippen molar-refractivity contribution in [2.24, 2.45) is 0 Å². The van der Waals surface area contributed by atoms with Gasteiger partial charge in [-0.15, -0.1) is 0 Å². The van der Waals surface area contributed by atoms with Crippen LogP contribution in [0.4, 0.5) is 4.39 Å². The first-order valence-corrected chi connectivity index (χ1v) is 15.8. The van der Waals surface area contributed by atoms with Gasteiger partial charge in [0, 0.05) is 76.9 Å². The fourth-order valence-electron chi connectivity index (χ4n) is 6.69. The largest absolute Gasteiger partial charge is 0.492 e. The molecule has 0 saturated carbocycles. The summed E-state index contributed by atoms with van der Waals surface area (Å²) in [4.78, 5) is 22.2. The van der Waals surface area contributed by atoms with E-state index in [-0.39, 0.29) is 5.82 Å². The van der Waals surface area contributed by atoms with E-state index in [0.717, 1.165) is 78.1 Å². The van der Waals surface area contributed by atoms with E-state index in [9.17, 15) is 4.39 Å². The molecule has 9 nitrogen and oxygen atoms in total. The van der Waals surface area contributed by atoms with Crippen LogP contribution in [-0.2, 0) is 6.54 Å². The van der Waals surface area contributed by atoms with Crippen LogP contribution in [0.25, 0.3) is 55.7 Å². The highest BCUT2D eigenvalue weighted by Gasteiger charge is 2.18. The third-order valence-electron chi connectivity index (χ3n) is 8.98. The summed E-state index contributed by atoms with van der Waals surface area (Å²) in [5.41, 5.74) is 7.76. The summed E-state index contributed by atoms with van der Waals surface area (Å²) in [6.07, 6.45) is 12.4. The maximum atomic E-state index is 14.8. The first kappa shape index (κ1) is 27.8. The van der Waals surface area contributed by atoms with E-state index in [1.54, 1.807) is 6.20 Å². The number of likely N-dealkylation sites (tertiary alicyclic amines) is 2. The number of pyridine rings is 3. The normalized spacial score (nSPS) is 15.9. The molecule has 0 amide bonds. The van der Waals surface area contributed by atoms with E-state index in [1.165, 1.54) is 43.4 Å². The van der Waals surface area contributed by atoms with Crippen LogP contribution in [0.3, 0.4) is 0 Å². The zero-order valence-electron chi connectivity index (χ0n) is 25.1. The van der Waals surface area contributed by atoms with Crippen LogP contribution in [0.2, 0.25) is 0 Å². The number of fused-ring (bicyclic) bond motifs is 2. The molecule has 1 aromatic carbocycles. The van der Waals surface area contributed by atoms with E-state index < -0.39 is 0 Å². The molecule has 0 bridgehead atoms. The van der Waals surface area contributed by atoms with Gasteiger partial charge in [-0.05, 0) is 93.8 Å². The van der Waals surface area contributed by atoms with E-state index in [1.807, 2.05) is 36.8 Å².